The molecule has 0 saturated carbocycles. The molecule has 3 aliphatic heterocycles. The Balaban J connectivity index is 1.40. The van der Waals surface area contributed by atoms with Gasteiger partial charge < -0.3 is 28.4 Å². The quantitative estimate of drug-likeness (QED) is 0.650. The lowest BCUT2D eigenvalue weighted by Gasteiger charge is -2.13. The topological polar surface area (TPSA) is 65.3 Å². The van der Waals surface area contributed by atoms with Gasteiger partial charge in [-0.15, -0.1) is 0 Å². The number of hydrogen-bond donors (Lipinski definition) is 0. The standard InChI is InChI=1S/C19H20O6/c1-2-18-12(3-13(1)20-6-15-8-22-15)4-14(21-7-16-9-23-16)5-19(18)25-11-17-10-24-17/h1-5,15-17H,6-11H2. The van der Waals surface area contributed by atoms with Crippen molar-refractivity contribution in [3.8, 4) is 17.2 Å². The van der Waals surface area contributed by atoms with Crippen LogP contribution in [0, 0.1) is 0 Å². The minimum atomic E-state index is 0.209. The lowest BCUT2D eigenvalue weighted by Crippen LogP contribution is -2.07. The van der Waals surface area contributed by atoms with Crippen molar-refractivity contribution in [1.29, 1.82) is 0 Å². The molecule has 3 atom stereocenters. The second-order valence-electron chi connectivity index (χ2n) is 6.60. The van der Waals surface area contributed by atoms with Crippen molar-refractivity contribution < 1.29 is 28.4 Å². The zero-order valence-electron chi connectivity index (χ0n) is 13.8. The predicted molar refractivity (Wildman–Crippen MR) is 89.7 cm³/mol. The van der Waals surface area contributed by atoms with E-state index in [0.717, 1.165) is 47.8 Å². The maximum absolute atomic E-state index is 5.96. The van der Waals surface area contributed by atoms with Crippen LogP contribution in [0.3, 0.4) is 0 Å². The van der Waals surface area contributed by atoms with Crippen LogP contribution < -0.4 is 14.2 Å². The Labute approximate surface area is 145 Å². The van der Waals surface area contributed by atoms with Crippen LogP contribution >= 0.6 is 0 Å². The van der Waals surface area contributed by atoms with Crippen molar-refractivity contribution in [2.24, 2.45) is 0 Å². The van der Waals surface area contributed by atoms with Gasteiger partial charge in [-0.1, -0.05) is 0 Å². The van der Waals surface area contributed by atoms with E-state index in [-0.39, 0.29) is 18.3 Å². The Morgan fingerprint density at radius 3 is 1.92 bits per heavy atom. The van der Waals surface area contributed by atoms with Crippen molar-refractivity contribution >= 4 is 10.8 Å². The number of ether oxygens (including phenoxy) is 6. The van der Waals surface area contributed by atoms with Gasteiger partial charge in [0.05, 0.1) is 19.8 Å². The third kappa shape index (κ3) is 3.98. The maximum Gasteiger partial charge on any atom is 0.130 e. The van der Waals surface area contributed by atoms with Gasteiger partial charge in [-0.3, -0.25) is 0 Å². The summed E-state index contributed by atoms with van der Waals surface area (Å²) < 4.78 is 33.2. The molecular formula is C19H20O6. The molecule has 0 aliphatic carbocycles. The van der Waals surface area contributed by atoms with Gasteiger partial charge in [0.25, 0.3) is 0 Å². The number of hydrogen-bond acceptors (Lipinski definition) is 6. The van der Waals surface area contributed by atoms with Crippen LogP contribution in [0.5, 0.6) is 17.2 Å². The van der Waals surface area contributed by atoms with Crippen LogP contribution in [-0.4, -0.2) is 58.0 Å². The number of epoxide rings is 3. The Morgan fingerprint density at radius 1 is 0.720 bits per heavy atom. The first kappa shape index (κ1) is 15.3. The molecular weight excluding hydrogens is 324 g/mol. The largest absolute Gasteiger partial charge is 0.491 e. The summed E-state index contributed by atoms with van der Waals surface area (Å²) in [5.41, 5.74) is 0. The summed E-state index contributed by atoms with van der Waals surface area (Å²) in [5, 5.41) is 2.06. The van der Waals surface area contributed by atoms with Gasteiger partial charge >= 0.3 is 0 Å². The second kappa shape index (κ2) is 6.37. The van der Waals surface area contributed by atoms with Crippen molar-refractivity contribution in [2.75, 3.05) is 39.6 Å². The predicted octanol–water partition coefficient (Wildman–Crippen LogP) is 2.17. The van der Waals surface area contributed by atoms with E-state index in [1.807, 2.05) is 30.3 Å². The Kier molecular flexibility index (Phi) is 3.88. The highest BCUT2D eigenvalue weighted by atomic mass is 16.6. The first-order valence-corrected chi connectivity index (χ1v) is 8.64. The first-order valence-electron chi connectivity index (χ1n) is 8.64. The molecule has 25 heavy (non-hydrogen) atoms. The summed E-state index contributed by atoms with van der Waals surface area (Å²) in [4.78, 5) is 0. The average molecular weight is 344 g/mol. The zero-order valence-corrected chi connectivity index (χ0v) is 13.8. The zero-order chi connectivity index (χ0) is 16.6. The molecule has 3 saturated heterocycles. The van der Waals surface area contributed by atoms with Crippen LogP contribution in [0.15, 0.2) is 30.3 Å². The fourth-order valence-corrected chi connectivity index (χ4v) is 2.63. The minimum Gasteiger partial charge on any atom is -0.491 e. The summed E-state index contributed by atoms with van der Waals surface area (Å²) in [6.45, 7) is 4.04. The smallest absolute Gasteiger partial charge is 0.130 e. The van der Waals surface area contributed by atoms with Crippen LogP contribution in [-0.2, 0) is 14.2 Å². The molecule has 0 spiro atoms. The Morgan fingerprint density at radius 2 is 1.28 bits per heavy atom. The van der Waals surface area contributed by atoms with Crippen molar-refractivity contribution in [3.05, 3.63) is 30.3 Å². The molecule has 3 fully saturated rings. The first-order chi connectivity index (χ1) is 12.3. The average Bonchev–Trinajstić information content (AvgIpc) is 3.48. The summed E-state index contributed by atoms with van der Waals surface area (Å²) in [6.07, 6.45) is 0.662. The Bertz CT molecular complexity index is 759. The third-order valence-electron chi connectivity index (χ3n) is 4.36. The van der Waals surface area contributed by atoms with Gasteiger partial charge in [0.1, 0.15) is 55.4 Å². The summed E-state index contributed by atoms with van der Waals surface area (Å²) >= 11 is 0. The molecule has 3 aliphatic rings. The molecule has 132 valence electrons. The van der Waals surface area contributed by atoms with E-state index >= 15 is 0 Å². The van der Waals surface area contributed by atoms with Gasteiger partial charge in [-0.05, 0) is 29.7 Å². The number of rotatable bonds is 9. The van der Waals surface area contributed by atoms with Gasteiger partial charge in [-0.25, -0.2) is 0 Å². The van der Waals surface area contributed by atoms with Crippen LogP contribution in [0.4, 0.5) is 0 Å². The molecule has 0 bridgehead atoms. The maximum atomic E-state index is 5.96. The lowest BCUT2D eigenvalue weighted by molar-refractivity contribution is 0.254. The highest BCUT2D eigenvalue weighted by molar-refractivity contribution is 5.91. The van der Waals surface area contributed by atoms with Crippen molar-refractivity contribution in [3.63, 3.8) is 0 Å². The van der Waals surface area contributed by atoms with E-state index in [2.05, 4.69) is 0 Å². The lowest BCUT2D eigenvalue weighted by atomic mass is 10.1. The molecule has 3 heterocycles. The molecule has 0 N–H and O–H groups in total. The highest BCUT2D eigenvalue weighted by Gasteiger charge is 2.25. The monoisotopic (exact) mass is 344 g/mol. The highest BCUT2D eigenvalue weighted by Crippen LogP contribution is 2.34. The van der Waals surface area contributed by atoms with Crippen LogP contribution in [0.1, 0.15) is 0 Å². The van der Waals surface area contributed by atoms with Crippen molar-refractivity contribution in [2.45, 2.75) is 18.3 Å². The van der Waals surface area contributed by atoms with Crippen LogP contribution in [0.2, 0.25) is 0 Å². The Hall–Kier alpha value is -2.02. The third-order valence-corrected chi connectivity index (χ3v) is 4.36. The minimum absolute atomic E-state index is 0.209. The van der Waals surface area contributed by atoms with E-state index in [4.69, 9.17) is 28.4 Å². The van der Waals surface area contributed by atoms with Gasteiger partial charge in [0.15, 0.2) is 0 Å². The normalized spacial score (nSPS) is 26.3. The van der Waals surface area contributed by atoms with E-state index in [1.54, 1.807) is 0 Å². The fraction of sp³-hybridized carbons (Fsp3) is 0.474. The second-order valence-corrected chi connectivity index (χ2v) is 6.60. The molecule has 0 aromatic heterocycles. The molecule has 0 amide bonds. The van der Waals surface area contributed by atoms with E-state index in [0.29, 0.717) is 19.8 Å². The molecule has 5 rings (SSSR count). The van der Waals surface area contributed by atoms with E-state index < -0.39 is 0 Å². The molecule has 2 aromatic rings. The number of benzene rings is 2. The van der Waals surface area contributed by atoms with Gasteiger partial charge in [0, 0.05) is 11.5 Å². The van der Waals surface area contributed by atoms with Gasteiger partial charge in [0.2, 0.25) is 0 Å². The SMILES string of the molecule is c1cc2c(OCC3CO3)cc(OCC3CO3)cc2cc1OCC1CO1. The molecule has 3 unspecified atom stereocenters. The molecule has 6 nitrogen and oxygen atoms in total. The van der Waals surface area contributed by atoms with Crippen LogP contribution in [0.25, 0.3) is 10.8 Å². The molecule has 0 radical (unpaired) electrons. The fourth-order valence-electron chi connectivity index (χ4n) is 2.63. The van der Waals surface area contributed by atoms with E-state index in [9.17, 15) is 0 Å². The summed E-state index contributed by atoms with van der Waals surface area (Å²) in [5.74, 6) is 2.40. The number of fused-ring (bicyclic) bond motifs is 1. The van der Waals surface area contributed by atoms with Gasteiger partial charge in [-0.2, -0.15) is 0 Å². The summed E-state index contributed by atoms with van der Waals surface area (Å²) in [6, 6.07) is 9.95. The van der Waals surface area contributed by atoms with Crippen molar-refractivity contribution in [1.82, 2.24) is 0 Å². The summed E-state index contributed by atoms with van der Waals surface area (Å²) in [7, 11) is 0. The molecule has 6 heteroatoms. The van der Waals surface area contributed by atoms with E-state index in [1.165, 1.54) is 0 Å². The molecule has 2 aromatic carbocycles.